The highest BCUT2D eigenvalue weighted by Gasteiger charge is 2.12. The second-order valence-electron chi connectivity index (χ2n) is 4.70. The van der Waals surface area contributed by atoms with Crippen molar-refractivity contribution >= 4 is 27.8 Å². The molecule has 3 rings (SSSR count). The fraction of sp³-hybridized carbons (Fsp3) is 0.308. The van der Waals surface area contributed by atoms with Gasteiger partial charge in [-0.3, -0.25) is 0 Å². The zero-order valence-electron chi connectivity index (χ0n) is 11.2. The van der Waals surface area contributed by atoms with Crippen molar-refractivity contribution in [1.29, 1.82) is 0 Å². The van der Waals surface area contributed by atoms with Gasteiger partial charge in [-0.2, -0.15) is 0 Å². The molecule has 0 saturated carbocycles. The maximum atomic E-state index is 5.34. The molecule has 3 aromatic heterocycles. The molecule has 0 aliphatic carbocycles. The monoisotopic (exact) mass is 306 g/mol. The molecule has 0 aliphatic rings. The molecule has 1 N–H and O–H groups in total. The maximum absolute atomic E-state index is 5.34. The maximum Gasteiger partial charge on any atom is 0.206 e. The number of anilines is 1. The van der Waals surface area contributed by atoms with Crippen molar-refractivity contribution in [1.82, 2.24) is 15.2 Å². The smallest absolute Gasteiger partial charge is 0.206 e. The molecule has 0 bridgehead atoms. The summed E-state index contributed by atoms with van der Waals surface area (Å²) in [4.78, 5) is 4.54. The summed E-state index contributed by atoms with van der Waals surface area (Å²) in [7, 11) is 0. The van der Waals surface area contributed by atoms with E-state index in [1.807, 2.05) is 17.5 Å². The molecule has 0 spiro atoms. The third-order valence-electron chi connectivity index (χ3n) is 2.54. The van der Waals surface area contributed by atoms with Crippen molar-refractivity contribution in [3.8, 4) is 21.5 Å². The van der Waals surface area contributed by atoms with Gasteiger partial charge in [0.15, 0.2) is 15.8 Å². The lowest BCUT2D eigenvalue weighted by Gasteiger charge is -2.03. The second kappa shape index (κ2) is 5.72. The fourth-order valence-electron chi connectivity index (χ4n) is 1.57. The van der Waals surface area contributed by atoms with Gasteiger partial charge >= 0.3 is 0 Å². The van der Waals surface area contributed by atoms with Crippen LogP contribution in [0.2, 0.25) is 0 Å². The molecular weight excluding hydrogens is 292 g/mol. The highest BCUT2D eigenvalue weighted by atomic mass is 32.1. The lowest BCUT2D eigenvalue weighted by atomic mass is 10.2. The summed E-state index contributed by atoms with van der Waals surface area (Å²) < 4.78 is 5.34. The lowest BCUT2D eigenvalue weighted by Crippen LogP contribution is -2.07. The minimum absolute atomic E-state index is 0.576. The molecule has 104 valence electrons. The third-order valence-corrected chi connectivity index (χ3v) is 4.30. The number of thiazole rings is 1. The van der Waals surface area contributed by atoms with Gasteiger partial charge in [0.2, 0.25) is 5.13 Å². The van der Waals surface area contributed by atoms with Crippen LogP contribution >= 0.6 is 22.7 Å². The van der Waals surface area contributed by atoms with Crippen molar-refractivity contribution in [2.45, 2.75) is 13.8 Å². The van der Waals surface area contributed by atoms with Crippen molar-refractivity contribution in [2.75, 3.05) is 11.9 Å². The van der Waals surface area contributed by atoms with E-state index in [4.69, 9.17) is 4.42 Å². The van der Waals surface area contributed by atoms with Gasteiger partial charge in [-0.1, -0.05) is 25.2 Å². The summed E-state index contributed by atoms with van der Waals surface area (Å²) in [6.07, 6.45) is 1.65. The van der Waals surface area contributed by atoms with E-state index >= 15 is 0 Å². The number of hydrogen-bond donors (Lipinski definition) is 1. The molecule has 7 heteroatoms. The lowest BCUT2D eigenvalue weighted by molar-refractivity contribution is 0.582. The number of nitrogens with one attached hydrogen (secondary N) is 1. The molecule has 0 aliphatic heterocycles. The molecule has 0 fully saturated rings. The second-order valence-corrected chi connectivity index (χ2v) is 6.54. The molecular formula is C13H14N4OS2. The molecule has 0 amide bonds. The molecule has 0 saturated heterocycles. The van der Waals surface area contributed by atoms with Gasteiger partial charge in [0.05, 0.1) is 6.26 Å². The predicted octanol–water partition coefficient (Wildman–Crippen LogP) is 3.99. The fourth-order valence-corrected chi connectivity index (χ4v) is 3.13. The van der Waals surface area contributed by atoms with Gasteiger partial charge in [-0.05, 0) is 18.1 Å². The van der Waals surface area contributed by atoms with Crippen LogP contribution in [-0.4, -0.2) is 21.7 Å². The highest BCUT2D eigenvalue weighted by molar-refractivity contribution is 7.19. The van der Waals surface area contributed by atoms with E-state index in [2.05, 4.69) is 34.3 Å². The van der Waals surface area contributed by atoms with E-state index in [1.54, 1.807) is 17.6 Å². The Morgan fingerprint density at radius 3 is 2.95 bits per heavy atom. The zero-order chi connectivity index (χ0) is 13.9. The van der Waals surface area contributed by atoms with Crippen LogP contribution in [0, 0.1) is 5.92 Å². The van der Waals surface area contributed by atoms with E-state index in [0.29, 0.717) is 5.92 Å². The number of rotatable bonds is 5. The van der Waals surface area contributed by atoms with Gasteiger partial charge in [0, 0.05) is 11.9 Å². The molecule has 5 nitrogen and oxygen atoms in total. The summed E-state index contributed by atoms with van der Waals surface area (Å²) in [5.74, 6) is 1.36. The molecule has 3 heterocycles. The minimum Gasteiger partial charge on any atom is -0.462 e. The summed E-state index contributed by atoms with van der Waals surface area (Å²) in [5.41, 5.74) is 0.844. The zero-order valence-corrected chi connectivity index (χ0v) is 12.8. The molecule has 0 atom stereocenters. The Morgan fingerprint density at radius 2 is 2.20 bits per heavy atom. The minimum atomic E-state index is 0.576. The van der Waals surface area contributed by atoms with Crippen LogP contribution in [0.5, 0.6) is 0 Å². The van der Waals surface area contributed by atoms with Crippen LogP contribution in [0.1, 0.15) is 13.8 Å². The SMILES string of the molecule is CC(C)CNc1nnc(-c2csc(-c3ccco3)n2)s1. The Balaban J connectivity index is 1.76. The average molecular weight is 306 g/mol. The Hall–Kier alpha value is -1.73. The van der Waals surface area contributed by atoms with Crippen LogP contribution in [0.25, 0.3) is 21.5 Å². The van der Waals surface area contributed by atoms with Gasteiger partial charge in [-0.15, -0.1) is 21.5 Å². The summed E-state index contributed by atoms with van der Waals surface area (Å²) in [6, 6.07) is 3.76. The van der Waals surface area contributed by atoms with E-state index < -0.39 is 0 Å². The molecule has 0 radical (unpaired) electrons. The first kappa shape index (κ1) is 13.3. The van der Waals surface area contributed by atoms with Crippen molar-refractivity contribution < 1.29 is 4.42 Å². The number of aromatic nitrogens is 3. The van der Waals surface area contributed by atoms with E-state index in [1.165, 1.54) is 11.3 Å². The predicted molar refractivity (Wildman–Crippen MR) is 82.0 cm³/mol. The Morgan fingerprint density at radius 1 is 1.30 bits per heavy atom. The molecule has 0 aromatic carbocycles. The van der Waals surface area contributed by atoms with Gasteiger partial charge < -0.3 is 9.73 Å². The van der Waals surface area contributed by atoms with Crippen LogP contribution in [0.4, 0.5) is 5.13 Å². The van der Waals surface area contributed by atoms with Gasteiger partial charge in [-0.25, -0.2) is 4.98 Å². The summed E-state index contributed by atoms with van der Waals surface area (Å²) in [6.45, 7) is 5.21. The van der Waals surface area contributed by atoms with Crippen molar-refractivity contribution in [3.05, 3.63) is 23.8 Å². The standard InChI is InChI=1S/C13H14N4OS2/c1-8(2)6-14-13-17-16-11(20-13)9-7-19-12(15-9)10-4-3-5-18-10/h3-5,7-8H,6H2,1-2H3,(H,14,17). The molecule has 3 aromatic rings. The quantitative estimate of drug-likeness (QED) is 0.772. The number of hydrogen-bond acceptors (Lipinski definition) is 7. The van der Waals surface area contributed by atoms with Crippen molar-refractivity contribution in [3.63, 3.8) is 0 Å². The number of nitrogens with zero attached hydrogens (tertiary/aromatic N) is 3. The van der Waals surface area contributed by atoms with Gasteiger partial charge in [0.1, 0.15) is 5.69 Å². The van der Waals surface area contributed by atoms with E-state index in [-0.39, 0.29) is 0 Å². The number of furan rings is 1. The first-order valence-corrected chi connectivity index (χ1v) is 7.99. The van der Waals surface area contributed by atoms with E-state index in [9.17, 15) is 0 Å². The third kappa shape index (κ3) is 2.88. The Labute approximate surface area is 124 Å². The van der Waals surface area contributed by atoms with Crippen molar-refractivity contribution in [2.24, 2.45) is 5.92 Å². The average Bonchev–Trinajstić information content (AvgIpc) is 3.15. The first-order valence-electron chi connectivity index (χ1n) is 6.29. The van der Waals surface area contributed by atoms with Crippen LogP contribution in [-0.2, 0) is 0 Å². The first-order chi connectivity index (χ1) is 9.72. The van der Waals surface area contributed by atoms with Crippen LogP contribution in [0.3, 0.4) is 0 Å². The molecule has 0 unspecified atom stereocenters. The Bertz CT molecular complexity index is 672. The van der Waals surface area contributed by atoms with Crippen LogP contribution in [0.15, 0.2) is 28.2 Å². The highest BCUT2D eigenvalue weighted by Crippen LogP contribution is 2.31. The largest absolute Gasteiger partial charge is 0.462 e. The van der Waals surface area contributed by atoms with Gasteiger partial charge in [0.25, 0.3) is 0 Å². The Kier molecular flexibility index (Phi) is 3.79. The topological polar surface area (TPSA) is 63.8 Å². The summed E-state index contributed by atoms with van der Waals surface area (Å²) in [5, 5.41) is 16.1. The van der Waals surface area contributed by atoms with E-state index in [0.717, 1.165) is 33.1 Å². The molecule has 20 heavy (non-hydrogen) atoms. The van der Waals surface area contributed by atoms with Crippen LogP contribution < -0.4 is 5.32 Å². The summed E-state index contributed by atoms with van der Waals surface area (Å²) >= 11 is 3.06. The normalized spacial score (nSPS) is 11.2.